The Morgan fingerprint density at radius 2 is 2.04 bits per heavy atom. The highest BCUT2D eigenvalue weighted by molar-refractivity contribution is 14.0. The number of guanidine groups is 1. The number of halogens is 1. The minimum absolute atomic E-state index is 0. The van der Waals surface area contributed by atoms with E-state index in [0.717, 1.165) is 44.7 Å². The summed E-state index contributed by atoms with van der Waals surface area (Å²) in [7, 11) is 0. The summed E-state index contributed by atoms with van der Waals surface area (Å²) in [5.41, 5.74) is 0. The number of rotatable bonds is 5. The minimum Gasteiger partial charge on any atom is -0.357 e. The summed E-state index contributed by atoms with van der Waals surface area (Å²) in [5.74, 6) is 1.07. The van der Waals surface area contributed by atoms with Crippen molar-refractivity contribution >= 4 is 35.8 Å². The molecule has 0 spiro atoms. The van der Waals surface area contributed by atoms with Crippen LogP contribution in [0.2, 0.25) is 0 Å². The van der Waals surface area contributed by atoms with Crippen LogP contribution in [-0.2, 0) is 4.79 Å². The maximum Gasteiger partial charge on any atom is 0.224 e. The zero-order valence-electron chi connectivity index (χ0n) is 14.4. The van der Waals surface area contributed by atoms with Gasteiger partial charge in [-0.05, 0) is 46.0 Å². The summed E-state index contributed by atoms with van der Waals surface area (Å²) >= 11 is 0. The number of hydrogen-bond donors (Lipinski definition) is 2. The van der Waals surface area contributed by atoms with Gasteiger partial charge >= 0.3 is 0 Å². The predicted molar refractivity (Wildman–Crippen MR) is 106 cm³/mol. The van der Waals surface area contributed by atoms with Crippen LogP contribution in [0.1, 0.15) is 52.4 Å². The first-order valence-electron chi connectivity index (χ1n) is 8.70. The van der Waals surface area contributed by atoms with Gasteiger partial charge in [0.25, 0.3) is 0 Å². The van der Waals surface area contributed by atoms with Crippen molar-refractivity contribution in [1.82, 2.24) is 15.5 Å². The second kappa shape index (κ2) is 10.9. The standard InChI is InChI=1S/C17H30N4O.HI/c1-3-18-17(20-15-9-4-5-10-15)19-12-11-16(22)21-13-7-6-8-14(21)2;/h4-5,14-15H,3,6-13H2,1-2H3,(H2,18,19,20);1H. The molecule has 1 aliphatic heterocycles. The van der Waals surface area contributed by atoms with Crippen molar-refractivity contribution in [3.8, 4) is 0 Å². The maximum absolute atomic E-state index is 12.3. The predicted octanol–water partition coefficient (Wildman–Crippen LogP) is 2.67. The first kappa shape index (κ1) is 20.3. The van der Waals surface area contributed by atoms with E-state index in [4.69, 9.17) is 0 Å². The largest absolute Gasteiger partial charge is 0.357 e. The van der Waals surface area contributed by atoms with E-state index < -0.39 is 0 Å². The lowest BCUT2D eigenvalue weighted by Gasteiger charge is -2.33. The molecule has 132 valence electrons. The molecule has 2 aliphatic rings. The molecule has 0 aromatic carbocycles. The Hall–Kier alpha value is -0.790. The molecule has 5 nitrogen and oxygen atoms in total. The van der Waals surface area contributed by atoms with Crippen molar-refractivity contribution in [2.24, 2.45) is 4.99 Å². The molecule has 0 radical (unpaired) electrons. The second-order valence-corrected chi connectivity index (χ2v) is 6.23. The molecule has 1 aliphatic carbocycles. The van der Waals surface area contributed by atoms with Crippen LogP contribution in [-0.4, -0.2) is 48.5 Å². The Kier molecular flexibility index (Phi) is 9.59. The number of aliphatic imine (C=N–C) groups is 1. The summed E-state index contributed by atoms with van der Waals surface area (Å²) in [6.45, 7) is 6.51. The lowest BCUT2D eigenvalue weighted by atomic mass is 10.0. The van der Waals surface area contributed by atoms with E-state index in [9.17, 15) is 4.79 Å². The van der Waals surface area contributed by atoms with Gasteiger partial charge in [0.2, 0.25) is 5.91 Å². The van der Waals surface area contributed by atoms with Crippen molar-refractivity contribution in [1.29, 1.82) is 0 Å². The van der Waals surface area contributed by atoms with Crippen LogP contribution in [0.3, 0.4) is 0 Å². The number of nitrogens with zero attached hydrogens (tertiary/aromatic N) is 2. The first-order valence-corrected chi connectivity index (χ1v) is 8.70. The minimum atomic E-state index is 0. The van der Waals surface area contributed by atoms with Crippen LogP contribution < -0.4 is 10.6 Å². The molecule has 6 heteroatoms. The third-order valence-corrected chi connectivity index (χ3v) is 4.41. The van der Waals surface area contributed by atoms with Gasteiger partial charge in [-0.2, -0.15) is 0 Å². The summed E-state index contributed by atoms with van der Waals surface area (Å²) in [4.78, 5) is 18.9. The molecule has 0 bridgehead atoms. The van der Waals surface area contributed by atoms with Gasteiger partial charge in [0.15, 0.2) is 5.96 Å². The zero-order chi connectivity index (χ0) is 15.8. The van der Waals surface area contributed by atoms with Gasteiger partial charge in [0.1, 0.15) is 0 Å². The van der Waals surface area contributed by atoms with Crippen molar-refractivity contribution in [2.75, 3.05) is 19.6 Å². The summed E-state index contributed by atoms with van der Waals surface area (Å²) in [6.07, 6.45) is 10.5. The monoisotopic (exact) mass is 434 g/mol. The molecule has 0 aromatic heterocycles. The highest BCUT2D eigenvalue weighted by Gasteiger charge is 2.22. The van der Waals surface area contributed by atoms with Crippen LogP contribution in [0.4, 0.5) is 0 Å². The van der Waals surface area contributed by atoms with Crippen molar-refractivity contribution < 1.29 is 4.79 Å². The number of amides is 1. The molecular formula is C17H31IN4O. The highest BCUT2D eigenvalue weighted by atomic mass is 127. The number of hydrogen-bond acceptors (Lipinski definition) is 2. The van der Waals surface area contributed by atoms with Crippen LogP contribution >= 0.6 is 24.0 Å². The number of likely N-dealkylation sites (tertiary alicyclic amines) is 1. The van der Waals surface area contributed by atoms with E-state index in [2.05, 4.69) is 41.6 Å². The molecule has 0 saturated carbocycles. The lowest BCUT2D eigenvalue weighted by molar-refractivity contribution is -0.134. The Morgan fingerprint density at radius 3 is 2.70 bits per heavy atom. The quantitative estimate of drug-likeness (QED) is 0.303. The normalized spacial score (nSPS) is 21.9. The zero-order valence-corrected chi connectivity index (χ0v) is 16.7. The van der Waals surface area contributed by atoms with Crippen molar-refractivity contribution in [2.45, 2.75) is 64.5 Å². The van der Waals surface area contributed by atoms with Crippen LogP contribution in [0, 0.1) is 0 Å². The molecule has 1 unspecified atom stereocenters. The second-order valence-electron chi connectivity index (χ2n) is 6.23. The number of nitrogens with one attached hydrogen (secondary N) is 2. The Labute approximate surface area is 157 Å². The average molecular weight is 434 g/mol. The van der Waals surface area contributed by atoms with Crippen LogP contribution in [0.5, 0.6) is 0 Å². The Bertz CT molecular complexity index is 417. The molecule has 2 N–H and O–H groups in total. The van der Waals surface area contributed by atoms with E-state index >= 15 is 0 Å². The van der Waals surface area contributed by atoms with Gasteiger partial charge in [-0.25, -0.2) is 0 Å². The smallest absolute Gasteiger partial charge is 0.224 e. The maximum atomic E-state index is 12.3. The Balaban J connectivity index is 0.00000264. The van der Waals surface area contributed by atoms with Crippen LogP contribution in [0.25, 0.3) is 0 Å². The fourth-order valence-corrected chi connectivity index (χ4v) is 3.12. The molecule has 1 amide bonds. The summed E-state index contributed by atoms with van der Waals surface area (Å²) in [5, 5.41) is 6.69. The Morgan fingerprint density at radius 1 is 1.30 bits per heavy atom. The molecule has 1 saturated heterocycles. The van der Waals surface area contributed by atoms with Gasteiger partial charge < -0.3 is 15.5 Å². The van der Waals surface area contributed by atoms with Crippen molar-refractivity contribution in [3.05, 3.63) is 12.2 Å². The van der Waals surface area contributed by atoms with Crippen molar-refractivity contribution in [3.63, 3.8) is 0 Å². The molecule has 1 atom stereocenters. The molecule has 23 heavy (non-hydrogen) atoms. The van der Waals surface area contributed by atoms with E-state index in [1.54, 1.807) is 0 Å². The van der Waals surface area contributed by atoms with Gasteiger partial charge in [-0.15, -0.1) is 24.0 Å². The molecular weight excluding hydrogens is 403 g/mol. The third-order valence-electron chi connectivity index (χ3n) is 4.41. The van der Waals surface area contributed by atoms with Gasteiger partial charge in [-0.3, -0.25) is 9.79 Å². The fourth-order valence-electron chi connectivity index (χ4n) is 3.12. The fraction of sp³-hybridized carbons (Fsp3) is 0.765. The molecule has 2 rings (SSSR count). The molecule has 1 heterocycles. The SMILES string of the molecule is CCNC(=NCCC(=O)N1CCCCC1C)NC1CC=CC1.I. The van der Waals surface area contributed by atoms with E-state index in [1.165, 1.54) is 6.42 Å². The third kappa shape index (κ3) is 6.69. The van der Waals surface area contributed by atoms with E-state index in [1.807, 2.05) is 4.90 Å². The van der Waals surface area contributed by atoms with E-state index in [-0.39, 0.29) is 29.9 Å². The molecule has 0 aromatic rings. The van der Waals surface area contributed by atoms with Gasteiger partial charge in [0.05, 0.1) is 6.54 Å². The topological polar surface area (TPSA) is 56.7 Å². The number of carbonyl (C=O) groups excluding carboxylic acids is 1. The number of piperidine rings is 1. The summed E-state index contributed by atoms with van der Waals surface area (Å²) < 4.78 is 0. The van der Waals surface area contributed by atoms with Gasteiger partial charge in [0, 0.05) is 31.6 Å². The van der Waals surface area contributed by atoms with Crippen LogP contribution in [0.15, 0.2) is 17.1 Å². The van der Waals surface area contributed by atoms with Gasteiger partial charge in [-0.1, -0.05) is 12.2 Å². The number of carbonyl (C=O) groups is 1. The molecule has 1 fully saturated rings. The van der Waals surface area contributed by atoms with E-state index in [0.29, 0.717) is 25.0 Å². The summed E-state index contributed by atoms with van der Waals surface area (Å²) in [6, 6.07) is 0.830. The average Bonchev–Trinajstić information content (AvgIpc) is 3.00. The first-order chi connectivity index (χ1) is 10.7. The highest BCUT2D eigenvalue weighted by Crippen LogP contribution is 2.17. The lowest BCUT2D eigenvalue weighted by Crippen LogP contribution is -2.43.